The second kappa shape index (κ2) is 5.83. The number of rotatable bonds is 2. The molecule has 3 rings (SSSR count). The number of nitrogens with zero attached hydrogens (tertiary/aromatic N) is 2. The number of aromatic nitrogens is 2. The standard InChI is InChI=1S/C16H21N3O2S/c1-9-6-4-5-7-11(9)18-14(20)13-10(2)12-15(22-13)17-8-19(3)16(12)21/h8-9,11H,4-7H2,1-3H3,(H,18,20). The zero-order chi connectivity index (χ0) is 15.9. The van der Waals surface area contributed by atoms with Gasteiger partial charge in [0.15, 0.2) is 0 Å². The molecule has 0 aromatic carbocycles. The Hall–Kier alpha value is -1.69. The summed E-state index contributed by atoms with van der Waals surface area (Å²) in [5.41, 5.74) is 0.651. The van der Waals surface area contributed by atoms with E-state index in [0.717, 1.165) is 12.0 Å². The highest BCUT2D eigenvalue weighted by Crippen LogP contribution is 2.28. The van der Waals surface area contributed by atoms with E-state index in [2.05, 4.69) is 17.2 Å². The molecular weight excluding hydrogens is 298 g/mol. The molecule has 2 aromatic rings. The first-order chi connectivity index (χ1) is 10.5. The summed E-state index contributed by atoms with van der Waals surface area (Å²) in [6, 6.07) is 0.238. The Balaban J connectivity index is 1.93. The molecule has 2 heterocycles. The average molecular weight is 319 g/mol. The molecule has 6 heteroatoms. The highest BCUT2D eigenvalue weighted by Gasteiger charge is 2.25. The normalized spacial score (nSPS) is 22.0. The van der Waals surface area contributed by atoms with E-state index in [4.69, 9.17) is 0 Å². The molecule has 2 aromatic heterocycles. The number of thiophene rings is 1. The van der Waals surface area contributed by atoms with Crippen LogP contribution in [0.2, 0.25) is 0 Å². The van der Waals surface area contributed by atoms with Crippen LogP contribution in [0.3, 0.4) is 0 Å². The van der Waals surface area contributed by atoms with Crippen molar-refractivity contribution in [3.8, 4) is 0 Å². The fourth-order valence-electron chi connectivity index (χ4n) is 3.19. The topological polar surface area (TPSA) is 64.0 Å². The van der Waals surface area contributed by atoms with Crippen LogP contribution in [0, 0.1) is 12.8 Å². The van der Waals surface area contributed by atoms with Crippen LogP contribution in [-0.4, -0.2) is 21.5 Å². The Kier molecular flexibility index (Phi) is 4.04. The summed E-state index contributed by atoms with van der Waals surface area (Å²) in [7, 11) is 1.68. The molecule has 0 saturated heterocycles. The summed E-state index contributed by atoms with van der Waals surface area (Å²) >= 11 is 1.31. The van der Waals surface area contributed by atoms with Gasteiger partial charge in [-0.15, -0.1) is 11.3 Å². The molecule has 2 unspecified atom stereocenters. The Morgan fingerprint density at radius 2 is 2.14 bits per heavy atom. The van der Waals surface area contributed by atoms with Crippen molar-refractivity contribution in [1.82, 2.24) is 14.9 Å². The lowest BCUT2D eigenvalue weighted by molar-refractivity contribution is 0.0914. The van der Waals surface area contributed by atoms with Gasteiger partial charge in [-0.05, 0) is 31.2 Å². The van der Waals surface area contributed by atoms with Gasteiger partial charge in [-0.1, -0.05) is 19.8 Å². The van der Waals surface area contributed by atoms with Gasteiger partial charge in [0, 0.05) is 13.1 Å². The zero-order valence-electron chi connectivity index (χ0n) is 13.2. The number of nitrogens with one attached hydrogen (secondary N) is 1. The Labute approximate surface area is 133 Å². The molecule has 1 amide bonds. The Bertz CT molecular complexity index is 778. The summed E-state index contributed by atoms with van der Waals surface area (Å²) < 4.78 is 1.45. The number of fused-ring (bicyclic) bond motifs is 1. The van der Waals surface area contributed by atoms with Crippen LogP contribution in [0.15, 0.2) is 11.1 Å². The maximum atomic E-state index is 12.6. The van der Waals surface area contributed by atoms with Crippen molar-refractivity contribution in [3.05, 3.63) is 27.1 Å². The van der Waals surface area contributed by atoms with Crippen LogP contribution in [0.1, 0.15) is 47.8 Å². The minimum Gasteiger partial charge on any atom is -0.348 e. The van der Waals surface area contributed by atoms with Gasteiger partial charge in [0.1, 0.15) is 4.83 Å². The van der Waals surface area contributed by atoms with Crippen LogP contribution < -0.4 is 10.9 Å². The maximum Gasteiger partial charge on any atom is 0.262 e. The predicted molar refractivity (Wildman–Crippen MR) is 88.5 cm³/mol. The molecule has 5 nitrogen and oxygen atoms in total. The minimum absolute atomic E-state index is 0.0682. The molecule has 1 saturated carbocycles. The lowest BCUT2D eigenvalue weighted by atomic mass is 9.86. The third-order valence-corrected chi connectivity index (χ3v) is 5.84. The molecule has 0 spiro atoms. The first-order valence-electron chi connectivity index (χ1n) is 7.74. The molecule has 1 N–H and O–H groups in total. The monoisotopic (exact) mass is 319 g/mol. The van der Waals surface area contributed by atoms with Crippen molar-refractivity contribution in [3.63, 3.8) is 0 Å². The van der Waals surface area contributed by atoms with Gasteiger partial charge in [0.2, 0.25) is 0 Å². The van der Waals surface area contributed by atoms with Gasteiger partial charge in [0.05, 0.1) is 16.6 Å². The maximum absolute atomic E-state index is 12.6. The van der Waals surface area contributed by atoms with Gasteiger partial charge in [-0.3, -0.25) is 9.59 Å². The average Bonchev–Trinajstić information content (AvgIpc) is 2.83. The van der Waals surface area contributed by atoms with Crippen molar-refractivity contribution < 1.29 is 4.79 Å². The number of hydrogen-bond acceptors (Lipinski definition) is 4. The van der Waals surface area contributed by atoms with E-state index >= 15 is 0 Å². The molecule has 22 heavy (non-hydrogen) atoms. The summed E-state index contributed by atoms with van der Waals surface area (Å²) in [6.45, 7) is 4.03. The van der Waals surface area contributed by atoms with Gasteiger partial charge in [0.25, 0.3) is 11.5 Å². The van der Waals surface area contributed by atoms with Crippen LogP contribution in [-0.2, 0) is 7.05 Å². The van der Waals surface area contributed by atoms with Crippen LogP contribution >= 0.6 is 11.3 Å². The highest BCUT2D eigenvalue weighted by atomic mass is 32.1. The minimum atomic E-state index is -0.0937. The van der Waals surface area contributed by atoms with Gasteiger partial charge < -0.3 is 9.88 Å². The molecular formula is C16H21N3O2S. The van der Waals surface area contributed by atoms with Crippen molar-refractivity contribution >= 4 is 27.5 Å². The van der Waals surface area contributed by atoms with E-state index in [-0.39, 0.29) is 17.5 Å². The predicted octanol–water partition coefficient (Wildman–Crippen LogP) is 2.61. The second-order valence-corrected chi connectivity index (χ2v) is 7.24. The van der Waals surface area contributed by atoms with Crippen molar-refractivity contribution in [1.29, 1.82) is 0 Å². The van der Waals surface area contributed by atoms with Crippen LogP contribution in [0.4, 0.5) is 0 Å². The third-order valence-electron chi connectivity index (χ3n) is 4.64. The largest absolute Gasteiger partial charge is 0.348 e. The SMILES string of the molecule is Cc1c(C(=O)NC2CCCCC2C)sc2ncn(C)c(=O)c12. The van der Waals surface area contributed by atoms with Crippen molar-refractivity contribution in [2.45, 2.75) is 45.6 Å². The van der Waals surface area contributed by atoms with E-state index in [1.807, 2.05) is 6.92 Å². The summed E-state index contributed by atoms with van der Waals surface area (Å²) in [6.07, 6.45) is 6.12. The van der Waals surface area contributed by atoms with E-state index in [1.165, 1.54) is 41.5 Å². The fraction of sp³-hybridized carbons (Fsp3) is 0.562. The second-order valence-electron chi connectivity index (χ2n) is 6.24. The number of aryl methyl sites for hydroxylation is 2. The quantitative estimate of drug-likeness (QED) is 0.925. The number of carbonyl (C=O) groups excluding carboxylic acids is 1. The first-order valence-corrected chi connectivity index (χ1v) is 8.56. The number of hydrogen-bond donors (Lipinski definition) is 1. The molecule has 2 atom stereocenters. The smallest absolute Gasteiger partial charge is 0.262 e. The van der Waals surface area contributed by atoms with E-state index in [0.29, 0.717) is 21.0 Å². The van der Waals surface area contributed by atoms with Crippen LogP contribution in [0.25, 0.3) is 10.2 Å². The van der Waals surface area contributed by atoms with E-state index in [9.17, 15) is 9.59 Å². The Morgan fingerprint density at radius 3 is 2.86 bits per heavy atom. The number of carbonyl (C=O) groups is 1. The summed E-state index contributed by atoms with van der Waals surface area (Å²) in [5, 5.41) is 3.72. The van der Waals surface area contributed by atoms with Gasteiger partial charge in [-0.25, -0.2) is 4.98 Å². The molecule has 0 aliphatic heterocycles. The lowest BCUT2D eigenvalue weighted by Gasteiger charge is -2.29. The summed E-state index contributed by atoms with van der Waals surface area (Å²) in [4.78, 5) is 30.4. The van der Waals surface area contributed by atoms with Crippen molar-refractivity contribution in [2.75, 3.05) is 0 Å². The molecule has 1 fully saturated rings. The summed E-state index contributed by atoms with van der Waals surface area (Å²) in [5.74, 6) is 0.444. The molecule has 0 radical (unpaired) electrons. The first kappa shape index (κ1) is 15.2. The number of amides is 1. The zero-order valence-corrected chi connectivity index (χ0v) is 14.0. The van der Waals surface area contributed by atoms with E-state index < -0.39 is 0 Å². The van der Waals surface area contributed by atoms with Crippen molar-refractivity contribution in [2.24, 2.45) is 13.0 Å². The van der Waals surface area contributed by atoms with E-state index in [1.54, 1.807) is 7.05 Å². The third kappa shape index (κ3) is 2.56. The molecule has 1 aliphatic carbocycles. The molecule has 1 aliphatic rings. The lowest BCUT2D eigenvalue weighted by Crippen LogP contribution is -2.41. The Morgan fingerprint density at radius 1 is 1.41 bits per heavy atom. The molecule has 0 bridgehead atoms. The highest BCUT2D eigenvalue weighted by molar-refractivity contribution is 7.20. The fourth-order valence-corrected chi connectivity index (χ4v) is 4.23. The van der Waals surface area contributed by atoms with Gasteiger partial charge >= 0.3 is 0 Å². The molecule has 118 valence electrons. The van der Waals surface area contributed by atoms with Crippen LogP contribution in [0.5, 0.6) is 0 Å². The van der Waals surface area contributed by atoms with Gasteiger partial charge in [-0.2, -0.15) is 0 Å².